The maximum Gasteiger partial charge on any atom is 0.234 e. The van der Waals surface area contributed by atoms with Crippen LogP contribution in [-0.4, -0.2) is 25.1 Å². The third-order valence-corrected chi connectivity index (χ3v) is 3.36. The summed E-state index contributed by atoms with van der Waals surface area (Å²) >= 11 is 0. The Labute approximate surface area is 108 Å². The Balaban J connectivity index is 1.98. The average Bonchev–Trinajstić information content (AvgIpc) is 2.72. The van der Waals surface area contributed by atoms with E-state index in [-0.39, 0.29) is 17.9 Å². The minimum absolute atomic E-state index is 0.195. The zero-order chi connectivity index (χ0) is 13.1. The summed E-state index contributed by atoms with van der Waals surface area (Å²) in [5.41, 5.74) is 6.59. The highest BCUT2D eigenvalue weighted by atomic mass is 16.5. The molecule has 1 aliphatic heterocycles. The van der Waals surface area contributed by atoms with Gasteiger partial charge in [0.1, 0.15) is 5.75 Å². The predicted octanol–water partition coefficient (Wildman–Crippen LogP) is 1.26. The average molecular weight is 248 g/mol. The highest BCUT2D eigenvalue weighted by molar-refractivity contribution is 5.80. The summed E-state index contributed by atoms with van der Waals surface area (Å²) in [5.74, 6) is 1.14. The highest BCUT2D eigenvalue weighted by Crippen LogP contribution is 2.32. The standard InChI is InChI=1S/C14H20N2O2/c1-9(2)13(14(15)17)16-7-10-8-18-12-6-4-3-5-11(10)12/h3-6,9-10,13,16H,7-8H2,1-2H3,(H2,15,17). The number of carbonyl (C=O) groups is 1. The van der Waals surface area contributed by atoms with E-state index in [0.717, 1.165) is 5.75 Å². The van der Waals surface area contributed by atoms with E-state index in [0.29, 0.717) is 19.1 Å². The monoisotopic (exact) mass is 248 g/mol. The van der Waals surface area contributed by atoms with Gasteiger partial charge in [0.25, 0.3) is 0 Å². The van der Waals surface area contributed by atoms with Crippen LogP contribution in [0.3, 0.4) is 0 Å². The summed E-state index contributed by atoms with van der Waals surface area (Å²) in [6, 6.07) is 7.74. The van der Waals surface area contributed by atoms with E-state index in [1.165, 1.54) is 5.56 Å². The van der Waals surface area contributed by atoms with Gasteiger partial charge in [-0.25, -0.2) is 0 Å². The molecule has 0 saturated heterocycles. The number of ether oxygens (including phenoxy) is 1. The minimum atomic E-state index is -0.294. The molecular weight excluding hydrogens is 228 g/mol. The Kier molecular flexibility index (Phi) is 3.87. The number of hydrogen-bond acceptors (Lipinski definition) is 3. The fraction of sp³-hybridized carbons (Fsp3) is 0.500. The highest BCUT2D eigenvalue weighted by Gasteiger charge is 2.26. The van der Waals surface area contributed by atoms with Gasteiger partial charge in [-0.05, 0) is 12.0 Å². The topological polar surface area (TPSA) is 64.3 Å². The molecule has 0 aromatic heterocycles. The van der Waals surface area contributed by atoms with E-state index in [1.54, 1.807) is 0 Å². The van der Waals surface area contributed by atoms with Gasteiger partial charge in [-0.3, -0.25) is 4.79 Å². The molecule has 1 aromatic rings. The molecule has 2 unspecified atom stereocenters. The van der Waals surface area contributed by atoms with Gasteiger partial charge in [0.05, 0.1) is 12.6 Å². The van der Waals surface area contributed by atoms with Crippen molar-refractivity contribution in [2.75, 3.05) is 13.2 Å². The van der Waals surface area contributed by atoms with E-state index in [4.69, 9.17) is 10.5 Å². The first-order valence-corrected chi connectivity index (χ1v) is 6.34. The first-order chi connectivity index (χ1) is 8.59. The van der Waals surface area contributed by atoms with Crippen LogP contribution in [0.15, 0.2) is 24.3 Å². The molecule has 4 heteroatoms. The Morgan fingerprint density at radius 1 is 1.50 bits per heavy atom. The molecule has 0 bridgehead atoms. The number of benzene rings is 1. The second kappa shape index (κ2) is 5.40. The Morgan fingerprint density at radius 2 is 2.22 bits per heavy atom. The van der Waals surface area contributed by atoms with Gasteiger partial charge < -0.3 is 15.8 Å². The van der Waals surface area contributed by atoms with Gasteiger partial charge in [-0.15, -0.1) is 0 Å². The van der Waals surface area contributed by atoms with Crippen molar-refractivity contribution < 1.29 is 9.53 Å². The smallest absolute Gasteiger partial charge is 0.234 e. The Bertz CT molecular complexity index is 432. The number of fused-ring (bicyclic) bond motifs is 1. The van der Waals surface area contributed by atoms with Crippen LogP contribution >= 0.6 is 0 Å². The molecule has 0 spiro atoms. The van der Waals surface area contributed by atoms with Crippen LogP contribution in [0.2, 0.25) is 0 Å². The van der Waals surface area contributed by atoms with E-state index in [9.17, 15) is 4.79 Å². The molecule has 18 heavy (non-hydrogen) atoms. The number of primary amides is 1. The number of para-hydroxylation sites is 1. The van der Waals surface area contributed by atoms with Crippen molar-refractivity contribution >= 4 is 5.91 Å². The molecule has 1 amide bonds. The molecule has 98 valence electrons. The maximum absolute atomic E-state index is 11.3. The predicted molar refractivity (Wildman–Crippen MR) is 70.5 cm³/mol. The molecule has 0 saturated carbocycles. The lowest BCUT2D eigenvalue weighted by molar-refractivity contribution is -0.121. The minimum Gasteiger partial charge on any atom is -0.493 e. The summed E-state index contributed by atoms with van der Waals surface area (Å²) in [6.07, 6.45) is 0. The molecule has 1 heterocycles. The third-order valence-electron chi connectivity index (χ3n) is 3.36. The molecule has 2 atom stereocenters. The van der Waals surface area contributed by atoms with Crippen LogP contribution in [0, 0.1) is 5.92 Å². The van der Waals surface area contributed by atoms with Crippen molar-refractivity contribution in [3.63, 3.8) is 0 Å². The van der Waals surface area contributed by atoms with Crippen molar-refractivity contribution in [1.29, 1.82) is 0 Å². The first kappa shape index (κ1) is 12.9. The van der Waals surface area contributed by atoms with E-state index >= 15 is 0 Å². The largest absolute Gasteiger partial charge is 0.493 e. The van der Waals surface area contributed by atoms with E-state index in [2.05, 4.69) is 11.4 Å². The van der Waals surface area contributed by atoms with Gasteiger partial charge in [0.15, 0.2) is 0 Å². The fourth-order valence-corrected chi connectivity index (χ4v) is 2.33. The van der Waals surface area contributed by atoms with Crippen molar-refractivity contribution in [3.8, 4) is 5.75 Å². The van der Waals surface area contributed by atoms with Crippen LogP contribution in [-0.2, 0) is 4.79 Å². The summed E-state index contributed by atoms with van der Waals surface area (Å²) in [4.78, 5) is 11.3. The number of hydrogen-bond donors (Lipinski definition) is 2. The zero-order valence-corrected chi connectivity index (χ0v) is 10.8. The van der Waals surface area contributed by atoms with Crippen molar-refractivity contribution in [3.05, 3.63) is 29.8 Å². The van der Waals surface area contributed by atoms with Crippen molar-refractivity contribution in [1.82, 2.24) is 5.32 Å². The van der Waals surface area contributed by atoms with Crippen LogP contribution in [0.25, 0.3) is 0 Å². The summed E-state index contributed by atoms with van der Waals surface area (Å²) in [5, 5.41) is 3.25. The van der Waals surface area contributed by atoms with E-state index in [1.807, 2.05) is 32.0 Å². The number of rotatable bonds is 5. The number of nitrogens with two attached hydrogens (primary N) is 1. The Morgan fingerprint density at radius 3 is 2.89 bits per heavy atom. The third kappa shape index (κ3) is 2.64. The van der Waals surface area contributed by atoms with Gasteiger partial charge in [0, 0.05) is 18.0 Å². The molecule has 2 rings (SSSR count). The second-order valence-electron chi connectivity index (χ2n) is 5.08. The Hall–Kier alpha value is -1.55. The summed E-state index contributed by atoms with van der Waals surface area (Å²) in [7, 11) is 0. The molecule has 1 aromatic carbocycles. The second-order valence-corrected chi connectivity index (χ2v) is 5.08. The molecule has 0 aliphatic carbocycles. The van der Waals surface area contributed by atoms with Gasteiger partial charge in [-0.1, -0.05) is 32.0 Å². The van der Waals surface area contributed by atoms with Gasteiger partial charge >= 0.3 is 0 Å². The van der Waals surface area contributed by atoms with Crippen molar-refractivity contribution in [2.45, 2.75) is 25.8 Å². The lowest BCUT2D eigenvalue weighted by atomic mass is 9.99. The lowest BCUT2D eigenvalue weighted by Crippen LogP contribution is -2.46. The molecular formula is C14H20N2O2. The molecule has 0 fully saturated rings. The fourth-order valence-electron chi connectivity index (χ4n) is 2.33. The lowest BCUT2D eigenvalue weighted by Gasteiger charge is -2.20. The maximum atomic E-state index is 11.3. The molecule has 0 radical (unpaired) electrons. The number of amides is 1. The van der Waals surface area contributed by atoms with Crippen LogP contribution in [0.1, 0.15) is 25.3 Å². The number of carbonyl (C=O) groups excluding carboxylic acids is 1. The molecule has 1 aliphatic rings. The van der Waals surface area contributed by atoms with E-state index < -0.39 is 0 Å². The quantitative estimate of drug-likeness (QED) is 0.824. The van der Waals surface area contributed by atoms with Crippen molar-refractivity contribution in [2.24, 2.45) is 11.7 Å². The van der Waals surface area contributed by atoms with Crippen LogP contribution in [0.4, 0.5) is 0 Å². The molecule has 4 nitrogen and oxygen atoms in total. The zero-order valence-electron chi connectivity index (χ0n) is 10.8. The number of nitrogens with one attached hydrogen (secondary N) is 1. The molecule has 3 N–H and O–H groups in total. The summed E-state index contributed by atoms with van der Waals surface area (Å²) < 4.78 is 5.61. The summed E-state index contributed by atoms with van der Waals surface area (Å²) in [6.45, 7) is 5.35. The van der Waals surface area contributed by atoms with Crippen LogP contribution < -0.4 is 15.8 Å². The van der Waals surface area contributed by atoms with Gasteiger partial charge in [0.2, 0.25) is 5.91 Å². The van der Waals surface area contributed by atoms with Crippen LogP contribution in [0.5, 0.6) is 5.75 Å². The SMILES string of the molecule is CC(C)C(NCC1COc2ccccc21)C(N)=O. The first-order valence-electron chi connectivity index (χ1n) is 6.34. The van der Waals surface area contributed by atoms with Gasteiger partial charge in [-0.2, -0.15) is 0 Å². The normalized spacial score (nSPS) is 19.4.